The molecule has 0 aromatic rings. The summed E-state index contributed by atoms with van der Waals surface area (Å²) in [4.78, 5) is 1.41. The second-order valence-electron chi connectivity index (χ2n) is 3.75. The monoisotopic (exact) mass is 199 g/mol. The maximum Gasteiger partial charge on any atom is 0.0785 e. The van der Waals surface area contributed by atoms with Crippen LogP contribution in [0.1, 0.15) is 20.3 Å². The molecule has 0 aliphatic heterocycles. The first-order chi connectivity index (χ1) is 4.86. The van der Waals surface area contributed by atoms with Gasteiger partial charge in [0.05, 0.1) is 26.2 Å². The van der Waals surface area contributed by atoms with Gasteiger partial charge < -0.3 is 4.90 Å². The fourth-order valence-corrected chi connectivity index (χ4v) is 0.809. The van der Waals surface area contributed by atoms with Crippen LogP contribution in [-0.4, -0.2) is 30.1 Å². The Kier molecular flexibility index (Phi) is 4.71. The molecule has 0 atom stereocenters. The van der Waals surface area contributed by atoms with Gasteiger partial charge >= 0.3 is 0 Å². The van der Waals surface area contributed by atoms with E-state index in [-0.39, 0.29) is 5.54 Å². The summed E-state index contributed by atoms with van der Waals surface area (Å²) >= 11 is 11.3. The first-order valence-corrected chi connectivity index (χ1v) is 4.44. The molecule has 0 radical (unpaired) electrons. The van der Waals surface area contributed by atoms with Crippen LogP contribution in [0.3, 0.4) is 0 Å². The highest BCUT2D eigenvalue weighted by molar-refractivity contribution is 6.34. The molecule has 68 valence electrons. The van der Waals surface area contributed by atoms with Crippen LogP contribution in [0.25, 0.3) is 0 Å². The van der Waals surface area contributed by atoms with Crippen molar-refractivity contribution in [1.29, 1.82) is 0 Å². The molecule has 2 nitrogen and oxygen atoms in total. The summed E-state index contributed by atoms with van der Waals surface area (Å²) in [7, 11) is 4.23. The standard InChI is InChI=1S/C7H16Cl2N2/c1-7(2,11(8)9)5-6-10(3)4/h5-6H2,1-4H3/p+1. The van der Waals surface area contributed by atoms with Gasteiger partial charge in [-0.05, 0) is 37.4 Å². The molecule has 0 fully saturated rings. The van der Waals surface area contributed by atoms with Crippen LogP contribution in [-0.2, 0) is 0 Å². The summed E-state index contributed by atoms with van der Waals surface area (Å²) in [5.41, 5.74) is -0.125. The zero-order valence-corrected chi connectivity index (χ0v) is 9.13. The van der Waals surface area contributed by atoms with E-state index < -0.39 is 0 Å². The first-order valence-electron chi connectivity index (χ1n) is 3.77. The Labute approximate surface area is 79.3 Å². The van der Waals surface area contributed by atoms with E-state index in [1.54, 1.807) is 0 Å². The third-order valence-electron chi connectivity index (χ3n) is 1.69. The average Bonchev–Trinajstić information content (AvgIpc) is 1.84. The lowest BCUT2D eigenvalue weighted by Gasteiger charge is -2.27. The molecule has 0 heterocycles. The van der Waals surface area contributed by atoms with Crippen LogP contribution in [0, 0.1) is 0 Å². The molecule has 4 heteroatoms. The van der Waals surface area contributed by atoms with Gasteiger partial charge in [0.15, 0.2) is 0 Å². The van der Waals surface area contributed by atoms with Gasteiger partial charge in [-0.1, -0.05) is 0 Å². The number of hydrogen-bond acceptors (Lipinski definition) is 1. The number of rotatable bonds is 4. The highest BCUT2D eigenvalue weighted by atomic mass is 35.5. The molecule has 0 bridgehead atoms. The van der Waals surface area contributed by atoms with E-state index in [4.69, 9.17) is 23.6 Å². The Bertz CT molecular complexity index is 113. The van der Waals surface area contributed by atoms with Crippen molar-refractivity contribution in [2.45, 2.75) is 25.8 Å². The quantitative estimate of drug-likeness (QED) is 0.663. The lowest BCUT2D eigenvalue weighted by Crippen LogP contribution is -3.05. The van der Waals surface area contributed by atoms with E-state index in [0.29, 0.717) is 0 Å². The minimum absolute atomic E-state index is 0.125. The van der Waals surface area contributed by atoms with Crippen LogP contribution in [0.2, 0.25) is 0 Å². The van der Waals surface area contributed by atoms with Crippen molar-refractivity contribution in [2.24, 2.45) is 0 Å². The first kappa shape index (κ1) is 11.5. The van der Waals surface area contributed by atoms with Crippen molar-refractivity contribution >= 4 is 23.6 Å². The fourth-order valence-electron chi connectivity index (χ4n) is 0.640. The molecule has 0 aliphatic rings. The van der Waals surface area contributed by atoms with E-state index >= 15 is 0 Å². The number of nitrogens with zero attached hydrogens (tertiary/aromatic N) is 1. The maximum atomic E-state index is 5.64. The third-order valence-corrected chi connectivity index (χ3v) is 2.61. The zero-order chi connectivity index (χ0) is 9.07. The molecule has 0 aromatic carbocycles. The van der Waals surface area contributed by atoms with E-state index in [1.165, 1.54) is 8.84 Å². The summed E-state index contributed by atoms with van der Waals surface area (Å²) in [5, 5.41) is 0. The second kappa shape index (κ2) is 4.51. The van der Waals surface area contributed by atoms with Gasteiger partial charge in [0.1, 0.15) is 0 Å². The summed E-state index contributed by atoms with van der Waals surface area (Å²) in [6.45, 7) is 5.12. The molecule has 11 heavy (non-hydrogen) atoms. The highest BCUT2D eigenvalue weighted by Gasteiger charge is 2.24. The molecule has 0 unspecified atom stereocenters. The highest BCUT2D eigenvalue weighted by Crippen LogP contribution is 2.22. The van der Waals surface area contributed by atoms with E-state index in [0.717, 1.165) is 13.0 Å². The van der Waals surface area contributed by atoms with Gasteiger partial charge in [0.25, 0.3) is 0 Å². The molecule has 0 amide bonds. The Balaban J connectivity index is 3.73. The lowest BCUT2D eigenvalue weighted by molar-refractivity contribution is -0.859. The number of quaternary nitrogens is 1. The predicted molar refractivity (Wildman–Crippen MR) is 49.9 cm³/mol. The molecular weight excluding hydrogens is 183 g/mol. The van der Waals surface area contributed by atoms with Crippen LogP contribution in [0.5, 0.6) is 0 Å². The van der Waals surface area contributed by atoms with Crippen LogP contribution in [0.15, 0.2) is 0 Å². The predicted octanol–water partition coefficient (Wildman–Crippen LogP) is 0.909. The maximum absolute atomic E-state index is 5.64. The average molecular weight is 200 g/mol. The van der Waals surface area contributed by atoms with E-state index in [1.807, 2.05) is 13.8 Å². The summed E-state index contributed by atoms with van der Waals surface area (Å²) in [6.07, 6.45) is 0.988. The van der Waals surface area contributed by atoms with Crippen molar-refractivity contribution in [1.82, 2.24) is 3.94 Å². The van der Waals surface area contributed by atoms with Crippen molar-refractivity contribution in [2.75, 3.05) is 20.6 Å². The Morgan fingerprint density at radius 1 is 1.27 bits per heavy atom. The van der Waals surface area contributed by atoms with E-state index in [9.17, 15) is 0 Å². The van der Waals surface area contributed by atoms with Crippen LogP contribution in [0.4, 0.5) is 0 Å². The third kappa shape index (κ3) is 4.86. The second-order valence-corrected chi connectivity index (χ2v) is 4.60. The topological polar surface area (TPSA) is 7.68 Å². The Morgan fingerprint density at radius 3 is 2.00 bits per heavy atom. The minimum atomic E-state index is -0.125. The molecular formula is C7H17Cl2N2+. The molecule has 0 rings (SSSR count). The molecule has 0 aliphatic carbocycles. The van der Waals surface area contributed by atoms with Crippen LogP contribution >= 0.6 is 23.6 Å². The van der Waals surface area contributed by atoms with Gasteiger partial charge in [-0.25, -0.2) is 0 Å². The van der Waals surface area contributed by atoms with Crippen molar-refractivity contribution in [3.63, 3.8) is 0 Å². The van der Waals surface area contributed by atoms with Gasteiger partial charge in [-0.15, -0.1) is 3.94 Å². The normalized spacial score (nSPS) is 13.1. The van der Waals surface area contributed by atoms with Gasteiger partial charge in [0, 0.05) is 6.42 Å². The Hall–Kier alpha value is 0.500. The number of nitrogens with one attached hydrogen (secondary N) is 1. The number of halogens is 2. The molecule has 0 spiro atoms. The van der Waals surface area contributed by atoms with Gasteiger partial charge in [-0.2, -0.15) is 0 Å². The summed E-state index contributed by atoms with van der Waals surface area (Å²) in [5.74, 6) is 0. The molecule has 0 saturated carbocycles. The van der Waals surface area contributed by atoms with Crippen molar-refractivity contribution < 1.29 is 4.90 Å². The smallest absolute Gasteiger partial charge is 0.0785 e. The molecule has 1 N–H and O–H groups in total. The van der Waals surface area contributed by atoms with Crippen LogP contribution < -0.4 is 4.90 Å². The SMILES string of the molecule is C[NH+](C)CCC(C)(C)N(Cl)Cl. The minimum Gasteiger partial charge on any atom is -0.340 e. The Morgan fingerprint density at radius 2 is 1.73 bits per heavy atom. The summed E-state index contributed by atoms with van der Waals surface area (Å²) < 4.78 is 1.23. The number of hydrogen-bond donors (Lipinski definition) is 1. The lowest BCUT2D eigenvalue weighted by atomic mass is 10.0. The largest absolute Gasteiger partial charge is 0.340 e. The molecule has 0 aromatic heterocycles. The summed E-state index contributed by atoms with van der Waals surface area (Å²) in [6, 6.07) is 0. The van der Waals surface area contributed by atoms with Crippen molar-refractivity contribution in [3.8, 4) is 0 Å². The fraction of sp³-hybridized carbons (Fsp3) is 1.00. The molecule has 0 saturated heterocycles. The van der Waals surface area contributed by atoms with Crippen molar-refractivity contribution in [3.05, 3.63) is 0 Å². The zero-order valence-electron chi connectivity index (χ0n) is 7.62. The van der Waals surface area contributed by atoms with Gasteiger partial charge in [-0.3, -0.25) is 0 Å². The van der Waals surface area contributed by atoms with Gasteiger partial charge in [0.2, 0.25) is 0 Å². The van der Waals surface area contributed by atoms with E-state index in [2.05, 4.69) is 14.1 Å².